The predicted molar refractivity (Wildman–Crippen MR) is 194 cm³/mol. The summed E-state index contributed by atoms with van der Waals surface area (Å²) in [5, 5.41) is 17.3. The molecule has 1 fully saturated rings. The zero-order valence-electron chi connectivity index (χ0n) is 29.4. The number of nitrogens with zero attached hydrogens (tertiary/aromatic N) is 3. The third-order valence-corrected chi connectivity index (χ3v) is 11.5. The van der Waals surface area contributed by atoms with Gasteiger partial charge in [-0.2, -0.15) is 0 Å². The first kappa shape index (κ1) is 34.4. The highest BCUT2D eigenvalue weighted by molar-refractivity contribution is 7.91. The van der Waals surface area contributed by atoms with Crippen LogP contribution in [0.2, 0.25) is 0 Å². The largest absolute Gasteiger partial charge is 0.482 e. The molecule has 3 aromatic carbocycles. The number of likely N-dealkylation sites (tertiary alicyclic amines) is 1. The Morgan fingerprint density at radius 3 is 2.59 bits per heavy atom. The normalized spacial score (nSPS) is 16.5. The molecule has 0 atom stereocenters. The lowest BCUT2D eigenvalue weighted by molar-refractivity contribution is -0.832. The van der Waals surface area contributed by atoms with E-state index in [0.717, 1.165) is 51.5 Å². The molecule has 0 spiro atoms. The van der Waals surface area contributed by atoms with Gasteiger partial charge in [-0.25, -0.2) is 8.42 Å². The van der Waals surface area contributed by atoms with Crippen LogP contribution in [0.25, 0.3) is 34.0 Å². The molecule has 2 aromatic heterocycles. The Bertz CT molecular complexity index is 2290. The lowest BCUT2D eigenvalue weighted by Gasteiger charge is -2.31. The van der Waals surface area contributed by atoms with Crippen LogP contribution in [-0.4, -0.2) is 54.7 Å². The second-order valence-electron chi connectivity index (χ2n) is 14.9. The molecule has 0 unspecified atom stereocenters. The molecule has 0 radical (unpaired) electrons. The SMILES string of the molecule is CC1(C)C=Cc2c(c(/C=C/C(=O)N3CCC(CCOc4no[n+]([O-])c4S(=O)(=O)c4ccccc4)CC3)cc3c2[nH]c2ccc(C(C)(C)C)cc23)O1. The standard InChI is InChI=1S/C39H42N4O7S/c1-38(2,3)27-12-13-32-30(24-27)31-23-26(35-29(34(31)40-32)15-19-39(4,5)49-35)11-14-33(44)42-20-16-25(17-21-42)18-22-48-36-37(43(45)50-41-36)51(46,47)28-9-7-6-8-10-28/h6-15,19,23-25,40H,16-18,20-22H2,1-5H3/b14-11+. The van der Waals surface area contributed by atoms with Crippen LogP contribution in [0.1, 0.15) is 70.6 Å². The predicted octanol–water partition coefficient (Wildman–Crippen LogP) is 6.98. The maximum absolute atomic E-state index is 13.5. The van der Waals surface area contributed by atoms with Crippen LogP contribution in [0.15, 0.2) is 81.3 Å². The van der Waals surface area contributed by atoms with Gasteiger partial charge in [0, 0.05) is 46.6 Å². The van der Waals surface area contributed by atoms with Crippen LogP contribution in [0.3, 0.4) is 0 Å². The van der Waals surface area contributed by atoms with E-state index in [1.807, 2.05) is 24.8 Å². The van der Waals surface area contributed by atoms with E-state index in [9.17, 15) is 18.4 Å². The van der Waals surface area contributed by atoms with Crippen molar-refractivity contribution in [3.05, 3.63) is 88.6 Å². The topological polar surface area (TPSA) is 142 Å². The molecule has 1 amide bonds. The number of amides is 1. The van der Waals surface area contributed by atoms with E-state index in [4.69, 9.17) is 9.47 Å². The number of nitrogens with one attached hydrogen (secondary N) is 1. The first-order valence-corrected chi connectivity index (χ1v) is 18.7. The van der Waals surface area contributed by atoms with E-state index in [1.165, 1.54) is 17.7 Å². The number of H-pyrrole nitrogens is 1. The fourth-order valence-electron chi connectivity index (χ4n) is 6.78. The average molecular weight is 711 g/mol. The van der Waals surface area contributed by atoms with E-state index in [1.54, 1.807) is 24.3 Å². The molecule has 5 aromatic rings. The highest BCUT2D eigenvalue weighted by atomic mass is 32.2. The molecular formula is C39H42N4O7S. The molecule has 1 saturated heterocycles. The third-order valence-electron chi connectivity index (χ3n) is 9.75. The van der Waals surface area contributed by atoms with Gasteiger partial charge in [-0.1, -0.05) is 45.0 Å². The molecule has 0 bridgehead atoms. The Morgan fingerprint density at radius 1 is 1.12 bits per heavy atom. The van der Waals surface area contributed by atoms with E-state index in [-0.39, 0.29) is 39.5 Å². The van der Waals surface area contributed by atoms with Crippen LogP contribution in [-0.2, 0) is 20.0 Å². The van der Waals surface area contributed by atoms with Gasteiger partial charge in [0.25, 0.3) is 9.84 Å². The molecule has 0 saturated carbocycles. The number of fused-ring (bicyclic) bond motifs is 5. The van der Waals surface area contributed by atoms with E-state index in [2.05, 4.69) is 72.0 Å². The quantitative estimate of drug-likeness (QED) is 0.134. The Labute approximate surface area is 297 Å². The maximum atomic E-state index is 13.5. The third kappa shape index (κ3) is 6.72. The summed E-state index contributed by atoms with van der Waals surface area (Å²) in [4.78, 5) is 18.7. The van der Waals surface area contributed by atoms with Gasteiger partial charge in [-0.05, 0) is 103 Å². The second kappa shape index (κ2) is 12.9. The van der Waals surface area contributed by atoms with Crippen molar-refractivity contribution in [1.82, 2.24) is 15.0 Å². The van der Waals surface area contributed by atoms with Crippen LogP contribution in [0.5, 0.6) is 11.6 Å². The molecule has 7 rings (SSSR count). The van der Waals surface area contributed by atoms with Gasteiger partial charge in [-0.3, -0.25) is 9.42 Å². The summed E-state index contributed by atoms with van der Waals surface area (Å²) in [6, 6.07) is 16.3. The molecule has 0 aliphatic carbocycles. The van der Waals surface area contributed by atoms with E-state index < -0.39 is 20.5 Å². The lowest BCUT2D eigenvalue weighted by atomic mass is 9.86. The van der Waals surface area contributed by atoms with Crippen molar-refractivity contribution in [3.8, 4) is 11.6 Å². The molecule has 4 heterocycles. The zero-order valence-corrected chi connectivity index (χ0v) is 30.2. The van der Waals surface area contributed by atoms with Gasteiger partial charge in [0.15, 0.2) is 0 Å². The van der Waals surface area contributed by atoms with Gasteiger partial charge in [0.05, 0.1) is 22.2 Å². The van der Waals surface area contributed by atoms with Crippen molar-refractivity contribution in [2.45, 2.75) is 74.8 Å². The fourth-order valence-corrected chi connectivity index (χ4v) is 8.08. The number of hydrogen-bond acceptors (Lipinski definition) is 8. The van der Waals surface area contributed by atoms with Crippen molar-refractivity contribution < 1.29 is 32.2 Å². The highest BCUT2D eigenvalue weighted by Crippen LogP contribution is 2.42. The van der Waals surface area contributed by atoms with Crippen molar-refractivity contribution in [2.24, 2.45) is 5.92 Å². The van der Waals surface area contributed by atoms with Crippen LogP contribution >= 0.6 is 0 Å². The average Bonchev–Trinajstić information content (AvgIpc) is 3.66. The minimum Gasteiger partial charge on any atom is -0.482 e. The van der Waals surface area contributed by atoms with Gasteiger partial charge < -0.3 is 24.6 Å². The van der Waals surface area contributed by atoms with Crippen molar-refractivity contribution >= 4 is 49.7 Å². The number of carbonyl (C=O) groups is 1. The number of ether oxygens (including phenoxy) is 2. The number of carbonyl (C=O) groups excluding carboxylic acids is 1. The first-order valence-electron chi connectivity index (χ1n) is 17.2. The number of aromatic nitrogens is 3. The Hall–Kier alpha value is -5.10. The Morgan fingerprint density at radius 2 is 1.86 bits per heavy atom. The summed E-state index contributed by atoms with van der Waals surface area (Å²) in [5.74, 6) is 0.554. The number of sulfone groups is 1. The summed E-state index contributed by atoms with van der Waals surface area (Å²) < 4.78 is 42.8. The number of benzene rings is 3. The van der Waals surface area contributed by atoms with Gasteiger partial charge in [-0.15, -0.1) is 0 Å². The van der Waals surface area contributed by atoms with Crippen molar-refractivity contribution in [1.29, 1.82) is 0 Å². The first-order chi connectivity index (χ1) is 24.2. The van der Waals surface area contributed by atoms with Crippen molar-refractivity contribution in [3.63, 3.8) is 0 Å². The van der Waals surface area contributed by atoms with Crippen LogP contribution in [0, 0.1) is 11.1 Å². The molecule has 12 heteroatoms. The number of hydrogen-bond donors (Lipinski definition) is 1. The molecule has 2 aliphatic heterocycles. The van der Waals surface area contributed by atoms with Gasteiger partial charge in [0.1, 0.15) is 11.4 Å². The summed E-state index contributed by atoms with van der Waals surface area (Å²) in [5.41, 5.74) is 4.63. The van der Waals surface area contributed by atoms with Crippen molar-refractivity contribution in [2.75, 3.05) is 19.7 Å². The zero-order chi connectivity index (χ0) is 36.1. The molecule has 11 nitrogen and oxygen atoms in total. The van der Waals surface area contributed by atoms with E-state index >= 15 is 0 Å². The number of aromatic amines is 1. The molecule has 1 N–H and O–H groups in total. The molecule has 2 aliphatic rings. The molecular weight excluding hydrogens is 669 g/mol. The fraction of sp³-hybridized carbons (Fsp3) is 0.359. The molecule has 266 valence electrons. The summed E-state index contributed by atoms with van der Waals surface area (Å²) >= 11 is 0. The maximum Gasteiger partial charge on any atom is 0.414 e. The number of piperidine rings is 1. The minimum atomic E-state index is -4.18. The van der Waals surface area contributed by atoms with Gasteiger partial charge >= 0.3 is 10.9 Å². The minimum absolute atomic E-state index is 0.00177. The highest BCUT2D eigenvalue weighted by Gasteiger charge is 2.36. The number of rotatable bonds is 8. The molecule has 51 heavy (non-hydrogen) atoms. The lowest BCUT2D eigenvalue weighted by Crippen LogP contribution is -2.37. The Balaban J connectivity index is 1.03. The summed E-state index contributed by atoms with van der Waals surface area (Å²) in [7, 11) is -4.18. The van der Waals surface area contributed by atoms with Gasteiger partial charge in [0.2, 0.25) is 5.91 Å². The second-order valence-corrected chi connectivity index (χ2v) is 16.8. The summed E-state index contributed by atoms with van der Waals surface area (Å²) in [6.07, 6.45) is 9.78. The monoisotopic (exact) mass is 710 g/mol. The van der Waals surface area contributed by atoms with Crippen LogP contribution < -0.4 is 14.4 Å². The summed E-state index contributed by atoms with van der Waals surface area (Å²) in [6.45, 7) is 12.0. The van der Waals surface area contributed by atoms with E-state index in [0.29, 0.717) is 19.5 Å². The van der Waals surface area contributed by atoms with Crippen LogP contribution in [0.4, 0.5) is 0 Å². The Kier molecular flexibility index (Phi) is 8.69. The smallest absolute Gasteiger partial charge is 0.414 e.